The van der Waals surface area contributed by atoms with Crippen molar-refractivity contribution in [1.29, 1.82) is 0 Å². The third-order valence-corrected chi connectivity index (χ3v) is 4.38. The van der Waals surface area contributed by atoms with Gasteiger partial charge in [0, 0.05) is 19.2 Å². The summed E-state index contributed by atoms with van der Waals surface area (Å²) in [7, 11) is 0. The third kappa shape index (κ3) is 5.88. The lowest BCUT2D eigenvalue weighted by Crippen LogP contribution is -2.21. The molecule has 2 atom stereocenters. The van der Waals surface area contributed by atoms with Crippen LogP contribution in [0.2, 0.25) is 0 Å². The Morgan fingerprint density at radius 1 is 1.24 bits per heavy atom. The van der Waals surface area contributed by atoms with E-state index < -0.39 is 0 Å². The molecule has 116 valence electrons. The molecular weight excluding hydrogens is 260 g/mol. The Bertz CT molecular complexity index is 441. The minimum absolute atomic E-state index is 0.0254. The van der Waals surface area contributed by atoms with E-state index in [2.05, 4.69) is 29.7 Å². The van der Waals surface area contributed by atoms with E-state index in [1.165, 1.54) is 44.6 Å². The fraction of sp³-hybridized carbons (Fsp3) is 0.611. The molecule has 0 bridgehead atoms. The maximum absolute atomic E-state index is 11.0. The van der Waals surface area contributed by atoms with E-state index in [-0.39, 0.29) is 5.91 Å². The molecule has 1 aliphatic rings. The van der Waals surface area contributed by atoms with Crippen molar-refractivity contribution in [2.75, 3.05) is 11.9 Å². The van der Waals surface area contributed by atoms with E-state index in [9.17, 15) is 4.79 Å². The van der Waals surface area contributed by atoms with Gasteiger partial charge in [-0.05, 0) is 48.9 Å². The number of carbonyl (C=O) groups excluding carboxylic acids is 1. The maximum Gasteiger partial charge on any atom is 0.221 e. The molecule has 1 fully saturated rings. The second kappa shape index (κ2) is 8.18. The predicted molar refractivity (Wildman–Crippen MR) is 88.2 cm³/mol. The van der Waals surface area contributed by atoms with Crippen LogP contribution in [-0.2, 0) is 11.3 Å². The normalized spacial score (nSPS) is 22.0. The average molecular weight is 288 g/mol. The molecule has 2 unspecified atom stereocenters. The van der Waals surface area contributed by atoms with Crippen LogP contribution in [-0.4, -0.2) is 12.5 Å². The van der Waals surface area contributed by atoms with Gasteiger partial charge in [-0.1, -0.05) is 38.3 Å². The van der Waals surface area contributed by atoms with Gasteiger partial charge in [-0.2, -0.15) is 0 Å². The first-order chi connectivity index (χ1) is 10.1. The highest BCUT2D eigenvalue weighted by Gasteiger charge is 2.17. The summed E-state index contributed by atoms with van der Waals surface area (Å²) in [6.45, 7) is 5.92. The summed E-state index contributed by atoms with van der Waals surface area (Å²) in [5, 5.41) is 6.32. The van der Waals surface area contributed by atoms with Crippen LogP contribution in [0.5, 0.6) is 0 Å². The number of nitrogens with one attached hydrogen (secondary N) is 2. The third-order valence-electron chi connectivity index (χ3n) is 4.38. The number of hydrogen-bond donors (Lipinski definition) is 2. The first-order valence-electron chi connectivity index (χ1n) is 8.20. The Balaban J connectivity index is 1.65. The highest BCUT2D eigenvalue weighted by molar-refractivity contribution is 5.88. The molecule has 1 aromatic carbocycles. The Kier molecular flexibility index (Phi) is 6.24. The van der Waals surface area contributed by atoms with Gasteiger partial charge in [0.25, 0.3) is 0 Å². The second-order valence-corrected chi connectivity index (χ2v) is 6.48. The van der Waals surface area contributed by atoms with Crippen molar-refractivity contribution in [1.82, 2.24) is 5.32 Å². The highest BCUT2D eigenvalue weighted by Crippen LogP contribution is 2.30. The number of amides is 1. The number of benzene rings is 1. The van der Waals surface area contributed by atoms with Crippen LogP contribution in [0.4, 0.5) is 5.69 Å². The molecule has 2 rings (SSSR count). The summed E-state index contributed by atoms with van der Waals surface area (Å²) in [6.07, 6.45) is 6.96. The fourth-order valence-corrected chi connectivity index (χ4v) is 3.27. The number of hydrogen-bond acceptors (Lipinski definition) is 2. The summed E-state index contributed by atoms with van der Waals surface area (Å²) in [5.41, 5.74) is 2.13. The van der Waals surface area contributed by atoms with E-state index in [1.807, 2.05) is 12.1 Å². The smallest absolute Gasteiger partial charge is 0.221 e. The lowest BCUT2D eigenvalue weighted by Gasteiger charge is -2.26. The second-order valence-electron chi connectivity index (χ2n) is 6.48. The lowest BCUT2D eigenvalue weighted by atomic mass is 9.81. The summed E-state index contributed by atoms with van der Waals surface area (Å²) in [4.78, 5) is 11.0. The number of carbonyl (C=O) groups is 1. The van der Waals surface area contributed by atoms with E-state index in [4.69, 9.17) is 0 Å². The molecule has 1 aromatic rings. The zero-order valence-corrected chi connectivity index (χ0v) is 13.3. The topological polar surface area (TPSA) is 41.1 Å². The Morgan fingerprint density at radius 3 is 2.67 bits per heavy atom. The van der Waals surface area contributed by atoms with Crippen LogP contribution in [0.25, 0.3) is 0 Å². The Morgan fingerprint density at radius 2 is 2.00 bits per heavy atom. The van der Waals surface area contributed by atoms with Crippen molar-refractivity contribution in [3.8, 4) is 0 Å². The minimum atomic E-state index is -0.0254. The molecule has 0 radical (unpaired) electrons. The molecule has 21 heavy (non-hydrogen) atoms. The van der Waals surface area contributed by atoms with Gasteiger partial charge in [-0.25, -0.2) is 0 Å². The van der Waals surface area contributed by atoms with Gasteiger partial charge in [0.15, 0.2) is 0 Å². The molecule has 0 heterocycles. The van der Waals surface area contributed by atoms with Crippen molar-refractivity contribution in [2.45, 2.75) is 52.5 Å². The van der Waals surface area contributed by atoms with E-state index in [0.29, 0.717) is 0 Å². The fourth-order valence-electron chi connectivity index (χ4n) is 3.27. The van der Waals surface area contributed by atoms with Crippen molar-refractivity contribution in [2.24, 2.45) is 11.8 Å². The van der Waals surface area contributed by atoms with Gasteiger partial charge in [0.05, 0.1) is 0 Å². The van der Waals surface area contributed by atoms with Gasteiger partial charge in [-0.3, -0.25) is 4.79 Å². The maximum atomic E-state index is 11.0. The molecule has 0 aliphatic heterocycles. The van der Waals surface area contributed by atoms with Crippen molar-refractivity contribution in [3.05, 3.63) is 29.8 Å². The van der Waals surface area contributed by atoms with Crippen molar-refractivity contribution in [3.63, 3.8) is 0 Å². The quantitative estimate of drug-likeness (QED) is 0.778. The van der Waals surface area contributed by atoms with Crippen LogP contribution < -0.4 is 10.6 Å². The van der Waals surface area contributed by atoms with Crippen molar-refractivity contribution >= 4 is 11.6 Å². The summed E-state index contributed by atoms with van der Waals surface area (Å²) < 4.78 is 0. The molecule has 1 amide bonds. The average Bonchev–Trinajstić information content (AvgIpc) is 2.45. The first-order valence-corrected chi connectivity index (χ1v) is 8.20. The SMILES string of the molecule is CC(=O)Nc1ccc(CNCCC2CCCC(C)C2)cc1. The van der Waals surface area contributed by atoms with E-state index in [1.54, 1.807) is 0 Å². The summed E-state index contributed by atoms with van der Waals surface area (Å²) >= 11 is 0. The first kappa shape index (κ1) is 16.0. The largest absolute Gasteiger partial charge is 0.326 e. The molecule has 0 aromatic heterocycles. The molecular formula is C18H28N2O. The van der Waals surface area contributed by atoms with Crippen LogP contribution in [0.15, 0.2) is 24.3 Å². The standard InChI is InChI=1S/C18H28N2O/c1-14-4-3-5-16(12-14)10-11-19-13-17-6-8-18(9-7-17)20-15(2)21/h6-9,14,16,19H,3-5,10-13H2,1-2H3,(H,20,21). The van der Waals surface area contributed by atoms with Gasteiger partial charge < -0.3 is 10.6 Å². The summed E-state index contributed by atoms with van der Waals surface area (Å²) in [6, 6.07) is 8.06. The van der Waals surface area contributed by atoms with Gasteiger partial charge in [-0.15, -0.1) is 0 Å². The van der Waals surface area contributed by atoms with Crippen LogP contribution in [0.3, 0.4) is 0 Å². The predicted octanol–water partition coefficient (Wildman–Crippen LogP) is 3.95. The molecule has 3 heteroatoms. The monoisotopic (exact) mass is 288 g/mol. The van der Waals surface area contributed by atoms with Crippen LogP contribution >= 0.6 is 0 Å². The highest BCUT2D eigenvalue weighted by atomic mass is 16.1. The van der Waals surface area contributed by atoms with Gasteiger partial charge in [0.2, 0.25) is 5.91 Å². The van der Waals surface area contributed by atoms with Gasteiger partial charge >= 0.3 is 0 Å². The zero-order valence-electron chi connectivity index (χ0n) is 13.3. The molecule has 1 saturated carbocycles. The molecule has 2 N–H and O–H groups in total. The summed E-state index contributed by atoms with van der Waals surface area (Å²) in [5.74, 6) is 1.82. The molecule has 3 nitrogen and oxygen atoms in total. The Labute approximate surface area is 128 Å². The molecule has 0 saturated heterocycles. The van der Waals surface area contributed by atoms with Crippen LogP contribution in [0.1, 0.15) is 51.5 Å². The van der Waals surface area contributed by atoms with Crippen LogP contribution in [0, 0.1) is 11.8 Å². The number of rotatable bonds is 6. The van der Waals surface area contributed by atoms with E-state index >= 15 is 0 Å². The van der Waals surface area contributed by atoms with E-state index in [0.717, 1.165) is 30.6 Å². The molecule has 1 aliphatic carbocycles. The zero-order chi connectivity index (χ0) is 15.1. The lowest BCUT2D eigenvalue weighted by molar-refractivity contribution is -0.114. The minimum Gasteiger partial charge on any atom is -0.326 e. The van der Waals surface area contributed by atoms with Crippen molar-refractivity contribution < 1.29 is 4.79 Å². The van der Waals surface area contributed by atoms with Gasteiger partial charge in [0.1, 0.15) is 0 Å². The molecule has 0 spiro atoms. The Hall–Kier alpha value is -1.35. The number of anilines is 1.